The van der Waals surface area contributed by atoms with Crippen LogP contribution in [0.15, 0.2) is 53.8 Å². The molecule has 3 heterocycles. The lowest BCUT2D eigenvalue weighted by Crippen LogP contribution is -2.32. The summed E-state index contributed by atoms with van der Waals surface area (Å²) in [5, 5.41) is 3.51. The minimum atomic E-state index is -0.771. The number of H-pyrrole nitrogens is 1. The number of aryl methyl sites for hydroxylation is 1. The molecule has 0 unspecified atom stereocenters. The number of imidazole rings is 1. The smallest absolute Gasteiger partial charge is 0.280 e. The molecule has 32 heavy (non-hydrogen) atoms. The number of hydrogen-bond donors (Lipinski definition) is 3. The number of aromatic nitrogens is 6. The molecule has 0 spiro atoms. The van der Waals surface area contributed by atoms with Crippen LogP contribution in [0.25, 0.3) is 22.1 Å². The van der Waals surface area contributed by atoms with Crippen molar-refractivity contribution in [3.8, 4) is 0 Å². The maximum Gasteiger partial charge on any atom is 0.280 e. The van der Waals surface area contributed by atoms with Crippen LogP contribution >= 0.6 is 0 Å². The molecule has 11 heteroatoms. The predicted molar refractivity (Wildman–Crippen MR) is 115 cm³/mol. The van der Waals surface area contributed by atoms with Gasteiger partial charge in [-0.3, -0.25) is 10.2 Å². The normalized spacial score (nSPS) is 11.2. The van der Waals surface area contributed by atoms with Gasteiger partial charge in [0.1, 0.15) is 23.5 Å². The Bertz CT molecular complexity index is 1510. The van der Waals surface area contributed by atoms with Crippen molar-refractivity contribution in [3.63, 3.8) is 0 Å². The molecule has 0 saturated heterocycles. The van der Waals surface area contributed by atoms with E-state index in [-0.39, 0.29) is 18.1 Å². The van der Waals surface area contributed by atoms with E-state index in [9.17, 15) is 13.6 Å². The van der Waals surface area contributed by atoms with E-state index < -0.39 is 17.2 Å². The summed E-state index contributed by atoms with van der Waals surface area (Å²) in [6.07, 6.45) is 2.86. The van der Waals surface area contributed by atoms with Gasteiger partial charge in [-0.2, -0.15) is 0 Å². The second kappa shape index (κ2) is 7.69. The van der Waals surface area contributed by atoms with Gasteiger partial charge in [-0.25, -0.2) is 33.4 Å². The first-order valence-corrected chi connectivity index (χ1v) is 9.62. The highest BCUT2D eigenvalue weighted by molar-refractivity contribution is 5.82. The lowest BCUT2D eigenvalue weighted by atomic mass is 10.1. The van der Waals surface area contributed by atoms with Gasteiger partial charge < -0.3 is 10.3 Å². The van der Waals surface area contributed by atoms with Crippen molar-refractivity contribution in [2.24, 2.45) is 0 Å². The topological polar surface area (TPSA) is 113 Å². The Balaban J connectivity index is 1.60. The van der Waals surface area contributed by atoms with Crippen LogP contribution in [-0.2, 0) is 6.54 Å². The summed E-state index contributed by atoms with van der Waals surface area (Å²) >= 11 is 0. The maximum absolute atomic E-state index is 13.7. The molecule has 0 bridgehead atoms. The van der Waals surface area contributed by atoms with Gasteiger partial charge in [0, 0.05) is 6.07 Å². The van der Waals surface area contributed by atoms with Crippen molar-refractivity contribution < 1.29 is 8.78 Å². The summed E-state index contributed by atoms with van der Waals surface area (Å²) in [6.45, 7) is 1.88. The van der Waals surface area contributed by atoms with E-state index in [1.165, 1.54) is 17.3 Å². The average molecular weight is 434 g/mol. The second-order valence-electron chi connectivity index (χ2n) is 7.08. The molecule has 2 aromatic carbocycles. The quantitative estimate of drug-likeness (QED) is 0.389. The van der Waals surface area contributed by atoms with Gasteiger partial charge in [0.2, 0.25) is 0 Å². The Hall–Kier alpha value is -4.41. The minimum Gasteiger partial charge on any atom is -0.361 e. The molecule has 3 N–H and O–H groups in total. The van der Waals surface area contributed by atoms with E-state index >= 15 is 0 Å². The molecule has 0 aliphatic rings. The van der Waals surface area contributed by atoms with E-state index in [2.05, 4.69) is 35.7 Å². The van der Waals surface area contributed by atoms with E-state index in [1.807, 2.05) is 0 Å². The molecule has 0 radical (unpaired) electrons. The van der Waals surface area contributed by atoms with Crippen LogP contribution in [0.1, 0.15) is 11.4 Å². The van der Waals surface area contributed by atoms with Gasteiger partial charge in [-0.15, -0.1) is 0 Å². The van der Waals surface area contributed by atoms with Gasteiger partial charge >= 0.3 is 0 Å². The third kappa shape index (κ3) is 3.49. The highest BCUT2D eigenvalue weighted by Gasteiger charge is 2.15. The van der Waals surface area contributed by atoms with E-state index in [0.717, 1.165) is 23.8 Å². The van der Waals surface area contributed by atoms with E-state index in [4.69, 9.17) is 0 Å². The Kier molecular flexibility index (Phi) is 4.70. The van der Waals surface area contributed by atoms with Crippen molar-refractivity contribution in [1.82, 2.24) is 29.6 Å². The van der Waals surface area contributed by atoms with Crippen LogP contribution in [0, 0.1) is 18.6 Å². The highest BCUT2D eigenvalue weighted by atomic mass is 19.1. The minimum absolute atomic E-state index is 0.0681. The molecule has 9 nitrogen and oxygen atoms in total. The summed E-state index contributed by atoms with van der Waals surface area (Å²) in [5.41, 5.74) is 4.76. The summed E-state index contributed by atoms with van der Waals surface area (Å²) in [4.78, 5) is 33.2. The number of halogens is 2. The fourth-order valence-corrected chi connectivity index (χ4v) is 3.48. The number of nitrogens with one attached hydrogen (secondary N) is 3. The molecule has 0 fully saturated rings. The number of aromatic amines is 1. The molecule has 5 aromatic rings. The predicted octanol–water partition coefficient (Wildman–Crippen LogP) is 3.14. The first kappa shape index (κ1) is 19.5. The lowest BCUT2D eigenvalue weighted by Gasteiger charge is -2.17. The lowest BCUT2D eigenvalue weighted by molar-refractivity contribution is 0.583. The molecule has 0 amide bonds. The van der Waals surface area contributed by atoms with Gasteiger partial charge in [-0.1, -0.05) is 12.1 Å². The van der Waals surface area contributed by atoms with Crippen molar-refractivity contribution in [2.45, 2.75) is 13.5 Å². The molecular formula is C21H16F2N8O. The summed E-state index contributed by atoms with van der Waals surface area (Å²) in [7, 11) is 0. The zero-order chi connectivity index (χ0) is 22.2. The molecule has 160 valence electrons. The van der Waals surface area contributed by atoms with Crippen LogP contribution in [-0.4, -0.2) is 29.6 Å². The standard InChI is InChI=1S/C21H16F2N8O/c1-11-3-2-4-15-17(11)21(32)31(30-14-6-12(22)5-13(23)7-14)16(29-15)8-24-19-18-20(26-9-25-18)28-10-27-19/h2-7,9-10,30H,8H2,1H3,(H2,24,25,26,27,28). The molecule has 3 aromatic heterocycles. The van der Waals surface area contributed by atoms with E-state index in [1.54, 1.807) is 25.1 Å². The largest absolute Gasteiger partial charge is 0.361 e. The van der Waals surface area contributed by atoms with Crippen LogP contribution in [0.2, 0.25) is 0 Å². The van der Waals surface area contributed by atoms with Gasteiger partial charge in [0.05, 0.1) is 29.5 Å². The van der Waals surface area contributed by atoms with Gasteiger partial charge in [0.15, 0.2) is 17.3 Å². The number of rotatable bonds is 5. The van der Waals surface area contributed by atoms with Gasteiger partial charge in [0.25, 0.3) is 5.56 Å². The Labute approximate surface area is 179 Å². The first-order chi connectivity index (χ1) is 15.5. The molecule has 0 aliphatic carbocycles. The zero-order valence-corrected chi connectivity index (χ0v) is 16.7. The Morgan fingerprint density at radius 2 is 1.91 bits per heavy atom. The molecule has 0 aliphatic heterocycles. The van der Waals surface area contributed by atoms with Crippen LogP contribution in [0.3, 0.4) is 0 Å². The second-order valence-corrected chi connectivity index (χ2v) is 7.08. The van der Waals surface area contributed by atoms with Gasteiger partial charge in [-0.05, 0) is 30.7 Å². The molecular weight excluding hydrogens is 418 g/mol. The Morgan fingerprint density at radius 3 is 2.72 bits per heavy atom. The monoisotopic (exact) mass is 434 g/mol. The third-order valence-electron chi connectivity index (χ3n) is 4.92. The molecule has 5 rings (SSSR count). The Morgan fingerprint density at radius 1 is 1.09 bits per heavy atom. The molecule has 0 atom stereocenters. The van der Waals surface area contributed by atoms with Crippen molar-refractivity contribution >= 4 is 33.6 Å². The summed E-state index contributed by atoms with van der Waals surface area (Å²) < 4.78 is 28.6. The van der Waals surface area contributed by atoms with Crippen molar-refractivity contribution in [2.75, 3.05) is 10.7 Å². The maximum atomic E-state index is 13.7. The summed E-state index contributed by atoms with van der Waals surface area (Å²) in [6, 6.07) is 8.27. The summed E-state index contributed by atoms with van der Waals surface area (Å²) in [5.74, 6) is -0.793. The fraction of sp³-hybridized carbons (Fsp3) is 0.0952. The number of fused-ring (bicyclic) bond motifs is 2. The van der Waals surface area contributed by atoms with Crippen molar-refractivity contribution in [1.29, 1.82) is 0 Å². The zero-order valence-electron chi connectivity index (χ0n) is 16.7. The van der Waals surface area contributed by atoms with Crippen LogP contribution in [0.4, 0.5) is 20.3 Å². The number of benzene rings is 2. The van der Waals surface area contributed by atoms with E-state index in [0.29, 0.717) is 27.9 Å². The first-order valence-electron chi connectivity index (χ1n) is 9.62. The SMILES string of the molecule is Cc1cccc2nc(CNc3ncnc4nc[nH]c34)n(Nc3cc(F)cc(F)c3)c(=O)c12. The third-order valence-corrected chi connectivity index (χ3v) is 4.92. The molecule has 0 saturated carbocycles. The van der Waals surface area contributed by atoms with Crippen LogP contribution < -0.4 is 16.3 Å². The highest BCUT2D eigenvalue weighted by Crippen LogP contribution is 2.18. The van der Waals surface area contributed by atoms with Crippen LogP contribution in [0.5, 0.6) is 0 Å². The number of nitrogens with zero attached hydrogens (tertiary/aromatic N) is 5. The number of anilines is 2. The number of hydrogen-bond acceptors (Lipinski definition) is 7. The fourth-order valence-electron chi connectivity index (χ4n) is 3.48. The van der Waals surface area contributed by atoms with Crippen molar-refractivity contribution in [3.05, 3.63) is 82.4 Å². The average Bonchev–Trinajstić information content (AvgIpc) is 3.23.